The van der Waals surface area contributed by atoms with Crippen molar-refractivity contribution in [2.24, 2.45) is 0 Å². The molecule has 1 rings (SSSR count). The van der Waals surface area contributed by atoms with Gasteiger partial charge in [-0.3, -0.25) is 4.79 Å². The van der Waals surface area contributed by atoms with Crippen molar-refractivity contribution < 1.29 is 19.4 Å². The topological polar surface area (TPSA) is 66.8 Å². The average Bonchev–Trinajstić information content (AvgIpc) is 2.92. The lowest BCUT2D eigenvalue weighted by atomic mass is 10.1. The summed E-state index contributed by atoms with van der Waals surface area (Å²) in [5.74, 6) is -1.12. The van der Waals surface area contributed by atoms with Crippen LogP contribution in [0.3, 0.4) is 0 Å². The molecule has 1 aromatic rings. The maximum atomic E-state index is 12.5. The SMILES string of the molecule is CCC(CC)N(CCOC)C(=O)c1ccc(C(=O)O)s1. The van der Waals surface area contributed by atoms with E-state index in [2.05, 4.69) is 0 Å². The third kappa shape index (κ3) is 4.05. The lowest BCUT2D eigenvalue weighted by Crippen LogP contribution is -2.41. The van der Waals surface area contributed by atoms with Crippen molar-refractivity contribution in [3.05, 3.63) is 21.9 Å². The molecule has 1 amide bonds. The van der Waals surface area contributed by atoms with Crippen LogP contribution in [0.4, 0.5) is 0 Å². The van der Waals surface area contributed by atoms with Crippen molar-refractivity contribution in [2.45, 2.75) is 32.7 Å². The molecule has 112 valence electrons. The minimum atomic E-state index is -1.000. The lowest BCUT2D eigenvalue weighted by molar-refractivity contribution is 0.0594. The van der Waals surface area contributed by atoms with E-state index in [0.717, 1.165) is 24.2 Å². The van der Waals surface area contributed by atoms with Crippen molar-refractivity contribution in [3.8, 4) is 0 Å². The third-order valence-corrected chi connectivity index (χ3v) is 4.27. The molecule has 0 aliphatic heterocycles. The summed E-state index contributed by atoms with van der Waals surface area (Å²) in [6.07, 6.45) is 1.73. The molecule has 0 bridgehead atoms. The highest BCUT2D eigenvalue weighted by atomic mass is 32.1. The quantitative estimate of drug-likeness (QED) is 0.801. The first-order chi connectivity index (χ1) is 9.54. The number of hydrogen-bond acceptors (Lipinski definition) is 4. The maximum absolute atomic E-state index is 12.5. The van der Waals surface area contributed by atoms with E-state index in [-0.39, 0.29) is 16.8 Å². The van der Waals surface area contributed by atoms with Gasteiger partial charge in [0.2, 0.25) is 0 Å². The van der Waals surface area contributed by atoms with E-state index < -0.39 is 5.97 Å². The molecular weight excluding hydrogens is 278 g/mol. The molecule has 20 heavy (non-hydrogen) atoms. The summed E-state index contributed by atoms with van der Waals surface area (Å²) >= 11 is 1.02. The molecule has 0 aromatic carbocycles. The minimum absolute atomic E-state index is 0.117. The lowest BCUT2D eigenvalue weighted by Gasteiger charge is -2.30. The molecule has 1 N–H and O–H groups in total. The van der Waals surface area contributed by atoms with Crippen molar-refractivity contribution in [2.75, 3.05) is 20.3 Å². The summed E-state index contributed by atoms with van der Waals surface area (Å²) in [7, 11) is 1.60. The third-order valence-electron chi connectivity index (χ3n) is 3.21. The standard InChI is InChI=1S/C14H21NO4S/c1-4-10(5-2)15(8-9-19-3)13(16)11-6-7-12(20-11)14(17)18/h6-7,10H,4-5,8-9H2,1-3H3,(H,17,18). The van der Waals surface area contributed by atoms with Crippen LogP contribution in [0, 0.1) is 0 Å². The largest absolute Gasteiger partial charge is 0.477 e. The van der Waals surface area contributed by atoms with Gasteiger partial charge in [-0.2, -0.15) is 0 Å². The summed E-state index contributed by atoms with van der Waals surface area (Å²) in [6.45, 7) is 5.07. The summed E-state index contributed by atoms with van der Waals surface area (Å²) in [5.41, 5.74) is 0. The van der Waals surface area contributed by atoms with Crippen molar-refractivity contribution >= 4 is 23.2 Å². The monoisotopic (exact) mass is 299 g/mol. The predicted molar refractivity (Wildman–Crippen MR) is 78.6 cm³/mol. The average molecular weight is 299 g/mol. The van der Waals surface area contributed by atoms with Gasteiger partial charge >= 0.3 is 5.97 Å². The summed E-state index contributed by atoms with van der Waals surface area (Å²) in [4.78, 5) is 25.9. The second kappa shape index (κ2) is 8.01. The number of thiophene rings is 1. The molecule has 1 aromatic heterocycles. The number of aromatic carboxylic acids is 1. The van der Waals surface area contributed by atoms with E-state index in [9.17, 15) is 9.59 Å². The summed E-state index contributed by atoms with van der Waals surface area (Å²) in [5, 5.41) is 8.93. The van der Waals surface area contributed by atoms with E-state index in [0.29, 0.717) is 18.0 Å². The molecule has 0 saturated carbocycles. The number of carboxylic acids is 1. The van der Waals surface area contributed by atoms with Gasteiger partial charge in [0.05, 0.1) is 11.5 Å². The second-order valence-corrected chi connectivity index (χ2v) is 5.51. The van der Waals surface area contributed by atoms with Gasteiger partial charge in [-0.05, 0) is 25.0 Å². The fourth-order valence-electron chi connectivity index (χ4n) is 2.08. The van der Waals surface area contributed by atoms with E-state index in [1.165, 1.54) is 6.07 Å². The first-order valence-corrected chi connectivity index (χ1v) is 7.49. The number of carbonyl (C=O) groups excluding carboxylic acids is 1. The number of methoxy groups -OCH3 is 1. The Kier molecular flexibility index (Phi) is 6.67. The molecule has 1 heterocycles. The molecule has 0 fully saturated rings. The Morgan fingerprint density at radius 1 is 1.30 bits per heavy atom. The number of amides is 1. The first-order valence-electron chi connectivity index (χ1n) is 6.68. The molecule has 0 unspecified atom stereocenters. The highest BCUT2D eigenvalue weighted by Gasteiger charge is 2.24. The van der Waals surface area contributed by atoms with Gasteiger partial charge in [-0.15, -0.1) is 11.3 Å². The summed E-state index contributed by atoms with van der Waals surface area (Å²) in [6, 6.07) is 3.20. The number of carbonyl (C=O) groups is 2. The normalized spacial score (nSPS) is 10.8. The molecule has 0 atom stereocenters. The van der Waals surface area contributed by atoms with Crippen LogP contribution in [0.25, 0.3) is 0 Å². The molecule has 0 saturated heterocycles. The Balaban J connectivity index is 2.92. The zero-order valence-electron chi connectivity index (χ0n) is 12.1. The van der Waals surface area contributed by atoms with Gasteiger partial charge in [-0.25, -0.2) is 4.79 Å². The highest BCUT2D eigenvalue weighted by molar-refractivity contribution is 7.15. The van der Waals surface area contributed by atoms with E-state index in [1.807, 2.05) is 13.8 Å². The molecule has 0 spiro atoms. The number of hydrogen-bond donors (Lipinski definition) is 1. The Labute approximate surface area is 123 Å². The Bertz CT molecular complexity index is 454. The van der Waals surface area contributed by atoms with Gasteiger partial charge in [0.25, 0.3) is 5.91 Å². The Morgan fingerprint density at radius 3 is 2.35 bits per heavy atom. The fourth-order valence-corrected chi connectivity index (χ4v) is 2.88. The molecule has 0 aliphatic rings. The predicted octanol–water partition coefficient (Wildman–Crippen LogP) is 2.72. The fraction of sp³-hybridized carbons (Fsp3) is 0.571. The maximum Gasteiger partial charge on any atom is 0.345 e. The van der Waals surface area contributed by atoms with Crippen LogP contribution in [0.15, 0.2) is 12.1 Å². The van der Waals surface area contributed by atoms with Crippen LogP contribution >= 0.6 is 11.3 Å². The Morgan fingerprint density at radius 2 is 1.90 bits per heavy atom. The van der Waals surface area contributed by atoms with Gasteiger partial charge in [0.15, 0.2) is 0 Å². The zero-order valence-corrected chi connectivity index (χ0v) is 12.9. The molecule has 6 heteroatoms. The molecule has 0 aliphatic carbocycles. The number of carboxylic acid groups (broad SMARTS) is 1. The van der Waals surface area contributed by atoms with E-state index in [1.54, 1.807) is 18.1 Å². The van der Waals surface area contributed by atoms with Crippen LogP contribution in [-0.4, -0.2) is 48.2 Å². The molecule has 5 nitrogen and oxygen atoms in total. The van der Waals surface area contributed by atoms with Crippen LogP contribution < -0.4 is 0 Å². The Hall–Kier alpha value is -1.40. The number of ether oxygens (including phenoxy) is 1. The van der Waals surface area contributed by atoms with Gasteiger partial charge in [0, 0.05) is 19.7 Å². The van der Waals surface area contributed by atoms with Crippen molar-refractivity contribution in [1.82, 2.24) is 4.90 Å². The van der Waals surface area contributed by atoms with E-state index in [4.69, 9.17) is 9.84 Å². The summed E-state index contributed by atoms with van der Waals surface area (Å²) < 4.78 is 5.06. The van der Waals surface area contributed by atoms with Crippen molar-refractivity contribution in [3.63, 3.8) is 0 Å². The second-order valence-electron chi connectivity index (χ2n) is 4.43. The number of rotatable bonds is 8. The van der Waals surface area contributed by atoms with Gasteiger partial charge in [0.1, 0.15) is 4.88 Å². The van der Waals surface area contributed by atoms with Crippen LogP contribution in [-0.2, 0) is 4.74 Å². The van der Waals surface area contributed by atoms with Gasteiger partial charge in [-0.1, -0.05) is 13.8 Å². The number of nitrogens with zero attached hydrogens (tertiary/aromatic N) is 1. The zero-order chi connectivity index (χ0) is 15.1. The first kappa shape index (κ1) is 16.7. The molecular formula is C14H21NO4S. The van der Waals surface area contributed by atoms with Crippen LogP contribution in [0.5, 0.6) is 0 Å². The smallest absolute Gasteiger partial charge is 0.345 e. The molecule has 0 radical (unpaired) electrons. The van der Waals surface area contributed by atoms with Gasteiger partial charge < -0.3 is 14.7 Å². The minimum Gasteiger partial charge on any atom is -0.477 e. The van der Waals surface area contributed by atoms with Crippen LogP contribution in [0.1, 0.15) is 46.0 Å². The van der Waals surface area contributed by atoms with E-state index >= 15 is 0 Å². The van der Waals surface area contributed by atoms with Crippen molar-refractivity contribution in [1.29, 1.82) is 0 Å². The highest BCUT2D eigenvalue weighted by Crippen LogP contribution is 2.21. The van der Waals surface area contributed by atoms with Crippen LogP contribution in [0.2, 0.25) is 0 Å².